The van der Waals surface area contributed by atoms with Gasteiger partial charge in [-0.3, -0.25) is 0 Å². The number of hydrogen-bond acceptors (Lipinski definition) is 3. The molecule has 0 aliphatic carbocycles. The number of piperidine rings is 1. The van der Waals surface area contributed by atoms with Gasteiger partial charge >= 0.3 is 12.0 Å². The third-order valence-corrected chi connectivity index (χ3v) is 3.84. The van der Waals surface area contributed by atoms with Gasteiger partial charge in [-0.15, -0.1) is 0 Å². The van der Waals surface area contributed by atoms with Gasteiger partial charge in [-0.05, 0) is 25.8 Å². The van der Waals surface area contributed by atoms with Crippen LogP contribution in [0.3, 0.4) is 0 Å². The molecule has 6 heteroatoms. The molecule has 1 aliphatic heterocycles. The molecule has 0 radical (unpaired) electrons. The summed E-state index contributed by atoms with van der Waals surface area (Å²) in [6.07, 6.45) is 2.44. The zero-order valence-electron chi connectivity index (χ0n) is 12.1. The second-order valence-electron chi connectivity index (χ2n) is 5.15. The quantitative estimate of drug-likeness (QED) is 0.777. The number of amides is 2. The highest BCUT2D eigenvalue weighted by atomic mass is 16.4. The van der Waals surface area contributed by atoms with E-state index in [2.05, 4.69) is 12.2 Å². The van der Waals surface area contributed by atoms with Crippen molar-refractivity contribution in [2.24, 2.45) is 5.92 Å². The number of likely N-dealkylation sites (tertiary alicyclic amines) is 1. The fourth-order valence-corrected chi connectivity index (χ4v) is 2.47. The maximum absolute atomic E-state index is 12.3. The minimum Gasteiger partial charge on any atom is -0.480 e. The zero-order chi connectivity index (χ0) is 14.4. The standard InChI is InChI=1S/C13H25N3O3/c1-4-10-5-7-16(11(9-10)12(17)18)13(19)15(3)8-6-14-2/h10-11,14H,4-9H2,1-3H3,(H,17,18). The molecule has 2 amide bonds. The van der Waals surface area contributed by atoms with E-state index in [0.29, 0.717) is 32.0 Å². The first kappa shape index (κ1) is 15.8. The van der Waals surface area contributed by atoms with Crippen LogP contribution < -0.4 is 5.32 Å². The molecule has 110 valence electrons. The molecule has 1 fully saturated rings. The third kappa shape index (κ3) is 4.09. The van der Waals surface area contributed by atoms with Crippen LogP contribution in [0.2, 0.25) is 0 Å². The smallest absolute Gasteiger partial charge is 0.326 e. The summed E-state index contributed by atoms with van der Waals surface area (Å²) in [5.74, 6) is -0.485. The van der Waals surface area contributed by atoms with Crippen LogP contribution in [0.1, 0.15) is 26.2 Å². The normalized spacial score (nSPS) is 23.2. The van der Waals surface area contributed by atoms with Gasteiger partial charge in [0.25, 0.3) is 0 Å². The average molecular weight is 271 g/mol. The van der Waals surface area contributed by atoms with Crippen LogP contribution in [-0.2, 0) is 4.79 Å². The van der Waals surface area contributed by atoms with E-state index in [1.54, 1.807) is 11.9 Å². The van der Waals surface area contributed by atoms with Crippen molar-refractivity contribution in [2.45, 2.75) is 32.2 Å². The summed E-state index contributed by atoms with van der Waals surface area (Å²) in [5, 5.41) is 12.3. The maximum atomic E-state index is 12.3. The molecule has 1 heterocycles. The maximum Gasteiger partial charge on any atom is 0.326 e. The summed E-state index contributed by atoms with van der Waals surface area (Å²) in [7, 11) is 3.54. The van der Waals surface area contributed by atoms with Crippen LogP contribution in [0.25, 0.3) is 0 Å². The zero-order valence-corrected chi connectivity index (χ0v) is 12.1. The van der Waals surface area contributed by atoms with E-state index in [1.165, 1.54) is 4.90 Å². The lowest BCUT2D eigenvalue weighted by Gasteiger charge is -2.38. The highest BCUT2D eigenvalue weighted by molar-refractivity contribution is 5.82. The minimum atomic E-state index is -0.895. The third-order valence-electron chi connectivity index (χ3n) is 3.84. The van der Waals surface area contributed by atoms with Crippen molar-refractivity contribution in [3.8, 4) is 0 Å². The molecule has 19 heavy (non-hydrogen) atoms. The molecule has 6 nitrogen and oxygen atoms in total. The number of carbonyl (C=O) groups excluding carboxylic acids is 1. The number of carboxylic acid groups (broad SMARTS) is 1. The molecule has 0 bridgehead atoms. The minimum absolute atomic E-state index is 0.183. The van der Waals surface area contributed by atoms with E-state index in [9.17, 15) is 14.7 Å². The van der Waals surface area contributed by atoms with E-state index in [1.807, 2.05) is 7.05 Å². The van der Waals surface area contributed by atoms with Crippen molar-refractivity contribution in [3.63, 3.8) is 0 Å². The average Bonchev–Trinajstić information content (AvgIpc) is 2.43. The lowest BCUT2D eigenvalue weighted by molar-refractivity contribution is -0.144. The predicted octanol–water partition coefficient (Wildman–Crippen LogP) is 0.833. The Labute approximate surface area is 114 Å². The van der Waals surface area contributed by atoms with Crippen molar-refractivity contribution >= 4 is 12.0 Å². The SMILES string of the molecule is CCC1CCN(C(=O)N(C)CCNC)C(C(=O)O)C1. The molecule has 0 aromatic rings. The van der Waals surface area contributed by atoms with Crippen LogP contribution in [0, 0.1) is 5.92 Å². The molecule has 1 saturated heterocycles. The molecule has 0 aromatic heterocycles. The molecule has 0 spiro atoms. The molecule has 0 saturated carbocycles. The van der Waals surface area contributed by atoms with Gasteiger partial charge in [0.05, 0.1) is 0 Å². The van der Waals surface area contributed by atoms with Crippen molar-refractivity contribution in [1.29, 1.82) is 0 Å². The lowest BCUT2D eigenvalue weighted by atomic mass is 9.89. The highest BCUT2D eigenvalue weighted by Gasteiger charge is 2.36. The number of rotatable bonds is 5. The van der Waals surface area contributed by atoms with Crippen molar-refractivity contribution in [3.05, 3.63) is 0 Å². The van der Waals surface area contributed by atoms with Gasteiger partial charge in [-0.25, -0.2) is 9.59 Å². The molecule has 2 atom stereocenters. The number of carboxylic acids is 1. The first-order chi connectivity index (χ1) is 9.01. The largest absolute Gasteiger partial charge is 0.480 e. The van der Waals surface area contributed by atoms with Crippen LogP contribution >= 0.6 is 0 Å². The van der Waals surface area contributed by atoms with Crippen molar-refractivity contribution in [2.75, 3.05) is 33.7 Å². The van der Waals surface area contributed by atoms with E-state index >= 15 is 0 Å². The fourth-order valence-electron chi connectivity index (χ4n) is 2.47. The Hall–Kier alpha value is -1.30. The molecular weight excluding hydrogens is 246 g/mol. The number of hydrogen-bond donors (Lipinski definition) is 2. The van der Waals surface area contributed by atoms with Gasteiger partial charge in [-0.1, -0.05) is 13.3 Å². The summed E-state index contributed by atoms with van der Waals surface area (Å²) in [6, 6.07) is -0.861. The monoisotopic (exact) mass is 271 g/mol. The first-order valence-electron chi connectivity index (χ1n) is 6.90. The number of aliphatic carboxylic acids is 1. The van der Waals surface area contributed by atoms with E-state index in [4.69, 9.17) is 0 Å². The first-order valence-corrected chi connectivity index (χ1v) is 6.90. The number of likely N-dealkylation sites (N-methyl/N-ethyl adjacent to an activating group) is 2. The fraction of sp³-hybridized carbons (Fsp3) is 0.846. The Kier molecular flexibility index (Phi) is 6.08. The molecular formula is C13H25N3O3. The molecule has 1 aliphatic rings. The van der Waals surface area contributed by atoms with Gasteiger partial charge in [-0.2, -0.15) is 0 Å². The van der Waals surface area contributed by atoms with Crippen LogP contribution in [0.15, 0.2) is 0 Å². The summed E-state index contributed by atoms with van der Waals surface area (Å²) >= 11 is 0. The summed E-state index contributed by atoms with van der Waals surface area (Å²) < 4.78 is 0. The molecule has 2 N–H and O–H groups in total. The van der Waals surface area contributed by atoms with Gasteiger partial charge < -0.3 is 20.2 Å². The van der Waals surface area contributed by atoms with Gasteiger partial charge in [0.15, 0.2) is 0 Å². The van der Waals surface area contributed by atoms with E-state index in [0.717, 1.165) is 12.8 Å². The predicted molar refractivity (Wildman–Crippen MR) is 73.1 cm³/mol. The van der Waals surface area contributed by atoms with Crippen molar-refractivity contribution in [1.82, 2.24) is 15.1 Å². The summed E-state index contributed by atoms with van der Waals surface area (Å²) in [4.78, 5) is 26.7. The second-order valence-corrected chi connectivity index (χ2v) is 5.15. The number of carbonyl (C=O) groups is 2. The summed E-state index contributed by atoms with van der Waals surface area (Å²) in [6.45, 7) is 3.89. The van der Waals surface area contributed by atoms with Crippen LogP contribution in [0.4, 0.5) is 4.79 Å². The number of nitrogens with one attached hydrogen (secondary N) is 1. The Balaban J connectivity index is 2.68. The second kappa shape index (κ2) is 7.33. The Morgan fingerprint density at radius 1 is 1.47 bits per heavy atom. The Bertz CT molecular complexity index is 322. The Morgan fingerprint density at radius 2 is 2.16 bits per heavy atom. The summed E-state index contributed by atoms with van der Waals surface area (Å²) in [5.41, 5.74) is 0. The Morgan fingerprint density at radius 3 is 2.68 bits per heavy atom. The topological polar surface area (TPSA) is 72.9 Å². The lowest BCUT2D eigenvalue weighted by Crippen LogP contribution is -2.54. The van der Waals surface area contributed by atoms with Gasteiger partial charge in [0, 0.05) is 26.7 Å². The number of nitrogens with zero attached hydrogens (tertiary/aromatic N) is 2. The van der Waals surface area contributed by atoms with E-state index in [-0.39, 0.29) is 6.03 Å². The van der Waals surface area contributed by atoms with Crippen molar-refractivity contribution < 1.29 is 14.7 Å². The number of urea groups is 1. The van der Waals surface area contributed by atoms with Crippen LogP contribution in [-0.4, -0.2) is 66.7 Å². The molecule has 0 aromatic carbocycles. The van der Waals surface area contributed by atoms with Crippen LogP contribution in [0.5, 0.6) is 0 Å². The molecule has 2 unspecified atom stereocenters. The van der Waals surface area contributed by atoms with Gasteiger partial charge in [0.2, 0.25) is 0 Å². The molecule has 1 rings (SSSR count). The van der Waals surface area contributed by atoms with E-state index < -0.39 is 12.0 Å². The highest BCUT2D eigenvalue weighted by Crippen LogP contribution is 2.26. The van der Waals surface area contributed by atoms with Gasteiger partial charge in [0.1, 0.15) is 6.04 Å².